The quantitative estimate of drug-likeness (QED) is 0.710. The van der Waals surface area contributed by atoms with Crippen molar-refractivity contribution in [1.29, 1.82) is 0 Å². The SMILES string of the molecule is N[C@@H](CO)C(=O)C([O])c1ccccc1. The molecule has 4 heteroatoms. The van der Waals surface area contributed by atoms with Crippen molar-refractivity contribution in [3.05, 3.63) is 35.9 Å². The number of nitrogens with two attached hydrogens (primary N) is 1. The fourth-order valence-electron chi connectivity index (χ4n) is 1.08. The van der Waals surface area contributed by atoms with E-state index in [4.69, 9.17) is 10.8 Å². The fourth-order valence-corrected chi connectivity index (χ4v) is 1.08. The summed E-state index contributed by atoms with van der Waals surface area (Å²) in [4.78, 5) is 11.3. The minimum Gasteiger partial charge on any atom is -0.394 e. The van der Waals surface area contributed by atoms with Crippen LogP contribution in [-0.2, 0) is 9.90 Å². The second-order valence-electron chi connectivity index (χ2n) is 2.98. The van der Waals surface area contributed by atoms with Gasteiger partial charge in [0.1, 0.15) is 0 Å². The maximum Gasteiger partial charge on any atom is 0.188 e. The summed E-state index contributed by atoms with van der Waals surface area (Å²) < 4.78 is 0. The topological polar surface area (TPSA) is 83.2 Å². The zero-order valence-electron chi connectivity index (χ0n) is 7.59. The molecule has 0 saturated heterocycles. The summed E-state index contributed by atoms with van der Waals surface area (Å²) in [6.07, 6.45) is -1.50. The van der Waals surface area contributed by atoms with Gasteiger partial charge in [-0.25, -0.2) is 5.11 Å². The van der Waals surface area contributed by atoms with E-state index in [1.807, 2.05) is 0 Å². The average molecular weight is 194 g/mol. The van der Waals surface area contributed by atoms with E-state index in [1.54, 1.807) is 30.3 Å². The van der Waals surface area contributed by atoms with E-state index in [2.05, 4.69) is 0 Å². The van der Waals surface area contributed by atoms with E-state index in [9.17, 15) is 9.90 Å². The summed E-state index contributed by atoms with van der Waals surface area (Å²) in [6.45, 7) is -0.496. The number of hydrogen-bond donors (Lipinski definition) is 2. The summed E-state index contributed by atoms with van der Waals surface area (Å²) in [7, 11) is 0. The lowest BCUT2D eigenvalue weighted by molar-refractivity contribution is -0.133. The zero-order chi connectivity index (χ0) is 10.6. The zero-order valence-corrected chi connectivity index (χ0v) is 7.59. The lowest BCUT2D eigenvalue weighted by atomic mass is 10.0. The number of ketones is 1. The first kappa shape index (κ1) is 10.8. The Labute approximate surface area is 82.0 Å². The Morgan fingerprint density at radius 1 is 1.36 bits per heavy atom. The monoisotopic (exact) mass is 194 g/mol. The van der Waals surface area contributed by atoms with Crippen LogP contribution >= 0.6 is 0 Å². The van der Waals surface area contributed by atoms with Gasteiger partial charge < -0.3 is 10.8 Å². The molecule has 1 aromatic carbocycles. The highest BCUT2D eigenvalue weighted by Gasteiger charge is 2.24. The van der Waals surface area contributed by atoms with Crippen molar-refractivity contribution in [3.63, 3.8) is 0 Å². The van der Waals surface area contributed by atoms with Crippen LogP contribution in [0.1, 0.15) is 11.7 Å². The van der Waals surface area contributed by atoms with Gasteiger partial charge in [0.05, 0.1) is 12.6 Å². The molecule has 0 fully saturated rings. The van der Waals surface area contributed by atoms with E-state index in [1.165, 1.54) is 0 Å². The van der Waals surface area contributed by atoms with Crippen molar-refractivity contribution in [3.8, 4) is 0 Å². The van der Waals surface area contributed by atoms with Crippen LogP contribution in [-0.4, -0.2) is 23.5 Å². The standard InChI is InChI=1S/C10H12NO3/c11-8(6-12)10(14)9(13)7-4-2-1-3-5-7/h1-5,8-9,12H,6,11H2/t8-,9?/m0/s1. The van der Waals surface area contributed by atoms with E-state index < -0.39 is 24.5 Å². The summed E-state index contributed by atoms with van der Waals surface area (Å²) in [5, 5.41) is 20.1. The molecular formula is C10H12NO3. The number of aliphatic hydroxyl groups is 1. The van der Waals surface area contributed by atoms with Crippen LogP contribution in [0.3, 0.4) is 0 Å². The highest BCUT2D eigenvalue weighted by molar-refractivity contribution is 5.88. The van der Waals surface area contributed by atoms with Crippen molar-refractivity contribution in [2.45, 2.75) is 12.1 Å². The minimum atomic E-state index is -1.50. The maximum absolute atomic E-state index is 11.5. The molecule has 2 atom stereocenters. The van der Waals surface area contributed by atoms with Gasteiger partial charge >= 0.3 is 0 Å². The summed E-state index contributed by atoms with van der Waals surface area (Å²) in [5.74, 6) is -0.682. The molecule has 0 bridgehead atoms. The largest absolute Gasteiger partial charge is 0.394 e. The predicted molar refractivity (Wildman–Crippen MR) is 49.9 cm³/mol. The first-order chi connectivity index (χ1) is 6.66. The molecule has 0 aromatic heterocycles. The van der Waals surface area contributed by atoms with E-state index in [0.717, 1.165) is 0 Å². The van der Waals surface area contributed by atoms with E-state index in [-0.39, 0.29) is 0 Å². The Balaban J connectivity index is 2.76. The van der Waals surface area contributed by atoms with Gasteiger partial charge in [-0.3, -0.25) is 4.79 Å². The van der Waals surface area contributed by atoms with Gasteiger partial charge in [0.25, 0.3) is 0 Å². The average Bonchev–Trinajstić information content (AvgIpc) is 2.27. The maximum atomic E-state index is 11.5. The second kappa shape index (κ2) is 4.85. The highest BCUT2D eigenvalue weighted by Crippen LogP contribution is 2.14. The molecule has 75 valence electrons. The molecule has 0 spiro atoms. The van der Waals surface area contributed by atoms with Crippen LogP contribution in [0.25, 0.3) is 0 Å². The van der Waals surface area contributed by atoms with Crippen molar-refractivity contribution in [2.24, 2.45) is 5.73 Å². The van der Waals surface area contributed by atoms with Gasteiger partial charge in [-0.1, -0.05) is 30.3 Å². The second-order valence-corrected chi connectivity index (χ2v) is 2.98. The normalized spacial score (nSPS) is 14.8. The number of rotatable bonds is 4. The molecule has 0 aliphatic heterocycles. The molecule has 0 amide bonds. The lowest BCUT2D eigenvalue weighted by Crippen LogP contribution is -2.37. The molecule has 1 unspecified atom stereocenters. The molecule has 3 N–H and O–H groups in total. The first-order valence-corrected chi connectivity index (χ1v) is 4.27. The van der Waals surface area contributed by atoms with Crippen LogP contribution in [0, 0.1) is 0 Å². The highest BCUT2D eigenvalue weighted by atomic mass is 16.3. The number of aliphatic hydroxyl groups excluding tert-OH is 1. The van der Waals surface area contributed by atoms with Crippen molar-refractivity contribution in [1.82, 2.24) is 0 Å². The van der Waals surface area contributed by atoms with E-state index in [0.29, 0.717) is 5.56 Å². The van der Waals surface area contributed by atoms with Gasteiger partial charge in [0.15, 0.2) is 11.9 Å². The Morgan fingerprint density at radius 3 is 2.43 bits per heavy atom. The molecule has 14 heavy (non-hydrogen) atoms. The van der Waals surface area contributed by atoms with Gasteiger partial charge in [0.2, 0.25) is 0 Å². The molecule has 0 saturated carbocycles. The fraction of sp³-hybridized carbons (Fsp3) is 0.300. The van der Waals surface area contributed by atoms with Crippen LogP contribution in [0.5, 0.6) is 0 Å². The van der Waals surface area contributed by atoms with Crippen LogP contribution in [0.4, 0.5) is 0 Å². The summed E-state index contributed by atoms with van der Waals surface area (Å²) in [6, 6.07) is 7.17. The third-order valence-electron chi connectivity index (χ3n) is 1.92. The molecule has 1 rings (SSSR count). The van der Waals surface area contributed by atoms with Gasteiger partial charge in [-0.2, -0.15) is 0 Å². The van der Waals surface area contributed by atoms with Crippen molar-refractivity contribution < 1.29 is 15.0 Å². The molecule has 4 nitrogen and oxygen atoms in total. The smallest absolute Gasteiger partial charge is 0.188 e. The first-order valence-electron chi connectivity index (χ1n) is 4.27. The number of Topliss-reactive ketones (excluding diaryl/α,β-unsaturated/α-hetero) is 1. The molecule has 0 heterocycles. The van der Waals surface area contributed by atoms with Gasteiger partial charge in [-0.15, -0.1) is 0 Å². The third kappa shape index (κ3) is 2.38. The summed E-state index contributed by atoms with van der Waals surface area (Å²) in [5.41, 5.74) is 5.63. The van der Waals surface area contributed by atoms with Crippen LogP contribution in [0.2, 0.25) is 0 Å². The predicted octanol–water partition coefficient (Wildman–Crippen LogP) is 0.0469. The Kier molecular flexibility index (Phi) is 3.76. The number of carbonyl (C=O) groups excluding carboxylic acids is 1. The minimum absolute atomic E-state index is 0.376. The van der Waals surface area contributed by atoms with E-state index >= 15 is 0 Å². The van der Waals surface area contributed by atoms with Crippen molar-refractivity contribution in [2.75, 3.05) is 6.61 Å². The Morgan fingerprint density at radius 2 is 1.93 bits per heavy atom. The molecule has 1 aromatic rings. The Bertz CT molecular complexity index is 299. The van der Waals surface area contributed by atoms with Crippen molar-refractivity contribution >= 4 is 5.78 Å². The number of carbonyl (C=O) groups is 1. The molecule has 0 aliphatic carbocycles. The number of hydrogen-bond acceptors (Lipinski definition) is 3. The summed E-state index contributed by atoms with van der Waals surface area (Å²) >= 11 is 0. The van der Waals surface area contributed by atoms with Crippen LogP contribution in [0.15, 0.2) is 30.3 Å². The molecule has 1 radical (unpaired) electrons. The Hall–Kier alpha value is -1.23. The number of benzene rings is 1. The van der Waals surface area contributed by atoms with Gasteiger partial charge in [-0.05, 0) is 5.56 Å². The third-order valence-corrected chi connectivity index (χ3v) is 1.92. The van der Waals surface area contributed by atoms with Crippen LogP contribution < -0.4 is 5.73 Å². The van der Waals surface area contributed by atoms with Gasteiger partial charge in [0, 0.05) is 0 Å². The lowest BCUT2D eigenvalue weighted by Gasteiger charge is -2.11. The molecule has 0 aliphatic rings. The molecular weight excluding hydrogens is 182 g/mol.